The summed E-state index contributed by atoms with van der Waals surface area (Å²) in [6, 6.07) is 5.73. The first-order valence-corrected chi connectivity index (χ1v) is 6.43. The lowest BCUT2D eigenvalue weighted by Gasteiger charge is -2.11. The molecule has 0 saturated heterocycles. The third kappa shape index (κ3) is 5.83. The van der Waals surface area contributed by atoms with Gasteiger partial charge in [-0.2, -0.15) is 0 Å². The molecule has 0 spiro atoms. The Balaban J connectivity index is 2.19. The van der Waals surface area contributed by atoms with Gasteiger partial charge in [-0.05, 0) is 18.6 Å². The number of hydrogen-bond acceptors (Lipinski definition) is 5. The summed E-state index contributed by atoms with van der Waals surface area (Å²) in [5.41, 5.74) is 7.81. The van der Waals surface area contributed by atoms with Gasteiger partial charge in [0.2, 0.25) is 0 Å². The van der Waals surface area contributed by atoms with Crippen molar-refractivity contribution in [3.05, 3.63) is 29.3 Å². The lowest BCUT2D eigenvalue weighted by molar-refractivity contribution is 0.0548. The molecule has 5 nitrogen and oxygen atoms in total. The molecular formula is C14H22N2O3. The number of benzene rings is 1. The van der Waals surface area contributed by atoms with Gasteiger partial charge in [0.1, 0.15) is 0 Å². The lowest BCUT2D eigenvalue weighted by Crippen LogP contribution is -2.15. The number of rotatable bonds is 10. The smallest absolute Gasteiger partial charge is 0.152 e. The predicted molar refractivity (Wildman–Crippen MR) is 75.7 cm³/mol. The number of carbonyl (C=O) groups is 1. The maximum absolute atomic E-state index is 11.0. The van der Waals surface area contributed by atoms with Gasteiger partial charge in [0, 0.05) is 24.3 Å². The highest BCUT2D eigenvalue weighted by Crippen LogP contribution is 2.16. The van der Waals surface area contributed by atoms with Crippen molar-refractivity contribution in [2.75, 3.05) is 44.8 Å². The first-order chi connectivity index (χ1) is 9.29. The van der Waals surface area contributed by atoms with Crippen molar-refractivity contribution in [1.29, 1.82) is 0 Å². The SMILES string of the molecule is Cc1cccc(NCCOCCOCCN)c1C=O. The average molecular weight is 266 g/mol. The first kappa shape index (κ1) is 15.6. The zero-order valence-electron chi connectivity index (χ0n) is 11.4. The topological polar surface area (TPSA) is 73.6 Å². The summed E-state index contributed by atoms with van der Waals surface area (Å²) < 4.78 is 10.6. The minimum atomic E-state index is 0.531. The molecule has 1 aromatic rings. The van der Waals surface area contributed by atoms with Crippen molar-refractivity contribution in [1.82, 2.24) is 0 Å². The van der Waals surface area contributed by atoms with E-state index in [1.807, 2.05) is 25.1 Å². The normalized spacial score (nSPS) is 10.4. The van der Waals surface area contributed by atoms with Gasteiger partial charge in [0.25, 0.3) is 0 Å². The third-order valence-electron chi connectivity index (χ3n) is 2.64. The number of hydrogen-bond donors (Lipinski definition) is 2. The number of aldehydes is 1. The van der Waals surface area contributed by atoms with Gasteiger partial charge < -0.3 is 20.5 Å². The van der Waals surface area contributed by atoms with Crippen LogP contribution in [0.2, 0.25) is 0 Å². The van der Waals surface area contributed by atoms with Gasteiger partial charge >= 0.3 is 0 Å². The molecule has 0 aliphatic rings. The Morgan fingerprint density at radius 3 is 2.63 bits per heavy atom. The van der Waals surface area contributed by atoms with Crippen LogP contribution in [-0.2, 0) is 9.47 Å². The van der Waals surface area contributed by atoms with Crippen molar-refractivity contribution >= 4 is 12.0 Å². The molecule has 0 unspecified atom stereocenters. The molecule has 0 fully saturated rings. The minimum Gasteiger partial charge on any atom is -0.382 e. The van der Waals surface area contributed by atoms with Crippen molar-refractivity contribution in [3.63, 3.8) is 0 Å². The highest BCUT2D eigenvalue weighted by molar-refractivity contribution is 5.86. The van der Waals surface area contributed by atoms with Gasteiger partial charge in [-0.3, -0.25) is 4.79 Å². The highest BCUT2D eigenvalue weighted by atomic mass is 16.5. The Kier molecular flexibility index (Phi) is 7.81. The van der Waals surface area contributed by atoms with Crippen LogP contribution >= 0.6 is 0 Å². The molecule has 106 valence electrons. The van der Waals surface area contributed by atoms with Crippen LogP contribution in [0.15, 0.2) is 18.2 Å². The minimum absolute atomic E-state index is 0.531. The molecule has 3 N–H and O–H groups in total. The highest BCUT2D eigenvalue weighted by Gasteiger charge is 2.03. The zero-order valence-corrected chi connectivity index (χ0v) is 11.4. The molecule has 0 aliphatic heterocycles. The molecule has 0 atom stereocenters. The second kappa shape index (κ2) is 9.49. The molecule has 0 amide bonds. The van der Waals surface area contributed by atoms with Crippen molar-refractivity contribution in [3.8, 4) is 0 Å². The third-order valence-corrected chi connectivity index (χ3v) is 2.64. The Hall–Kier alpha value is -1.43. The Labute approximate surface area is 114 Å². The van der Waals surface area contributed by atoms with Gasteiger partial charge in [0.05, 0.1) is 26.4 Å². The van der Waals surface area contributed by atoms with E-state index in [4.69, 9.17) is 15.2 Å². The van der Waals surface area contributed by atoms with E-state index in [-0.39, 0.29) is 0 Å². The van der Waals surface area contributed by atoms with E-state index < -0.39 is 0 Å². The van der Waals surface area contributed by atoms with E-state index in [0.29, 0.717) is 45.1 Å². The van der Waals surface area contributed by atoms with E-state index in [9.17, 15) is 4.79 Å². The number of ether oxygens (including phenoxy) is 2. The van der Waals surface area contributed by atoms with Crippen LogP contribution in [0.5, 0.6) is 0 Å². The number of anilines is 1. The second-order valence-corrected chi connectivity index (χ2v) is 4.09. The fraction of sp³-hybridized carbons (Fsp3) is 0.500. The summed E-state index contributed by atoms with van der Waals surface area (Å²) in [4.78, 5) is 11.0. The zero-order chi connectivity index (χ0) is 13.9. The van der Waals surface area contributed by atoms with Crippen molar-refractivity contribution < 1.29 is 14.3 Å². The molecule has 0 saturated carbocycles. The van der Waals surface area contributed by atoms with Gasteiger partial charge in [-0.25, -0.2) is 0 Å². The molecule has 0 aliphatic carbocycles. The fourth-order valence-electron chi connectivity index (χ4n) is 1.65. The van der Waals surface area contributed by atoms with E-state index in [0.717, 1.165) is 17.5 Å². The maximum atomic E-state index is 11.0. The molecule has 0 radical (unpaired) electrons. The fourth-order valence-corrected chi connectivity index (χ4v) is 1.65. The Morgan fingerprint density at radius 2 is 1.95 bits per heavy atom. The monoisotopic (exact) mass is 266 g/mol. The van der Waals surface area contributed by atoms with E-state index in [1.54, 1.807) is 0 Å². The first-order valence-electron chi connectivity index (χ1n) is 6.43. The summed E-state index contributed by atoms with van der Waals surface area (Å²) in [6.07, 6.45) is 0.874. The summed E-state index contributed by atoms with van der Waals surface area (Å²) in [5, 5.41) is 3.19. The molecule has 19 heavy (non-hydrogen) atoms. The quantitative estimate of drug-likeness (QED) is 0.492. The maximum Gasteiger partial charge on any atom is 0.152 e. The number of carbonyl (C=O) groups excluding carboxylic acids is 1. The van der Waals surface area contributed by atoms with Gasteiger partial charge in [-0.1, -0.05) is 12.1 Å². The van der Waals surface area contributed by atoms with Crippen LogP contribution in [0, 0.1) is 6.92 Å². The van der Waals surface area contributed by atoms with Crippen LogP contribution < -0.4 is 11.1 Å². The molecule has 0 bridgehead atoms. The molecule has 5 heteroatoms. The van der Waals surface area contributed by atoms with Crippen LogP contribution in [0.1, 0.15) is 15.9 Å². The van der Waals surface area contributed by atoms with Crippen LogP contribution in [0.25, 0.3) is 0 Å². The number of nitrogens with one attached hydrogen (secondary N) is 1. The van der Waals surface area contributed by atoms with Crippen molar-refractivity contribution in [2.45, 2.75) is 6.92 Å². The van der Waals surface area contributed by atoms with E-state index >= 15 is 0 Å². The molecular weight excluding hydrogens is 244 g/mol. The Morgan fingerprint density at radius 1 is 1.21 bits per heavy atom. The number of aryl methyl sites for hydroxylation is 1. The van der Waals surface area contributed by atoms with Crippen molar-refractivity contribution in [2.24, 2.45) is 5.73 Å². The Bertz CT molecular complexity index is 383. The van der Waals surface area contributed by atoms with Gasteiger partial charge in [0.15, 0.2) is 6.29 Å². The van der Waals surface area contributed by atoms with Gasteiger partial charge in [-0.15, -0.1) is 0 Å². The van der Waals surface area contributed by atoms with Crippen LogP contribution in [0.4, 0.5) is 5.69 Å². The standard InChI is InChI=1S/C14H22N2O3/c1-12-3-2-4-14(13(12)11-17)16-6-8-19-10-9-18-7-5-15/h2-4,11,16H,5-10,15H2,1H3. The summed E-state index contributed by atoms with van der Waals surface area (Å²) in [7, 11) is 0. The lowest BCUT2D eigenvalue weighted by atomic mass is 10.1. The molecule has 1 aromatic carbocycles. The van der Waals surface area contributed by atoms with Crippen LogP contribution in [-0.4, -0.2) is 45.8 Å². The van der Waals surface area contributed by atoms with E-state index in [2.05, 4.69) is 5.32 Å². The number of nitrogens with two attached hydrogens (primary N) is 1. The summed E-state index contributed by atoms with van der Waals surface area (Å²) >= 11 is 0. The van der Waals surface area contributed by atoms with Crippen LogP contribution in [0.3, 0.4) is 0 Å². The molecule has 0 heterocycles. The van der Waals surface area contributed by atoms with E-state index in [1.165, 1.54) is 0 Å². The summed E-state index contributed by atoms with van der Waals surface area (Å²) in [5.74, 6) is 0. The average Bonchev–Trinajstić information content (AvgIpc) is 2.42. The molecule has 1 rings (SSSR count). The molecule has 0 aromatic heterocycles. The largest absolute Gasteiger partial charge is 0.382 e. The second-order valence-electron chi connectivity index (χ2n) is 4.09. The predicted octanol–water partition coefficient (Wildman–Crippen LogP) is 1.21. The summed E-state index contributed by atoms with van der Waals surface area (Å²) in [6.45, 7) is 5.34.